The van der Waals surface area contributed by atoms with E-state index in [9.17, 15) is 4.39 Å². The standard InChI is InChI=1S/C23H20ClFN4S/c24-16-5-15(11-29-17-3-4-21(29)20(27)8-17)23(22-10-28-12-30-22)18(7-16)13-1-2-14(9-26)19(25)6-13/h1-2,5-7,10,12,17,20-21H,3-4,8,11,27H2/t17-,20+,21+/m1/s1. The molecule has 2 bridgehead atoms. The molecule has 0 saturated carbocycles. The molecule has 2 saturated heterocycles. The van der Waals surface area contributed by atoms with Crippen molar-refractivity contribution in [2.75, 3.05) is 0 Å². The van der Waals surface area contributed by atoms with Crippen LogP contribution in [0.3, 0.4) is 0 Å². The molecule has 0 unspecified atom stereocenters. The number of hydrogen-bond donors (Lipinski definition) is 1. The van der Waals surface area contributed by atoms with E-state index in [-0.39, 0.29) is 11.6 Å². The molecule has 0 amide bonds. The molecule has 2 aliphatic rings. The number of halogens is 2. The fourth-order valence-corrected chi connectivity index (χ4v) is 5.97. The van der Waals surface area contributed by atoms with Crippen molar-refractivity contribution in [2.45, 2.75) is 43.9 Å². The number of nitrogens with two attached hydrogens (primary N) is 1. The maximum Gasteiger partial charge on any atom is 0.141 e. The van der Waals surface area contributed by atoms with Crippen molar-refractivity contribution in [3.05, 3.63) is 64.0 Å². The summed E-state index contributed by atoms with van der Waals surface area (Å²) in [5.74, 6) is -0.532. The Morgan fingerprint density at radius 1 is 1.30 bits per heavy atom. The van der Waals surface area contributed by atoms with Crippen LogP contribution in [0.1, 0.15) is 30.4 Å². The zero-order valence-electron chi connectivity index (χ0n) is 16.2. The fraction of sp³-hybridized carbons (Fsp3) is 0.304. The lowest BCUT2D eigenvalue weighted by molar-refractivity contribution is 0.239. The normalized spacial score (nSPS) is 23.1. The van der Waals surface area contributed by atoms with Gasteiger partial charge < -0.3 is 5.73 Å². The Morgan fingerprint density at radius 2 is 2.17 bits per heavy atom. The first-order chi connectivity index (χ1) is 14.5. The van der Waals surface area contributed by atoms with Gasteiger partial charge in [0.05, 0.1) is 16.0 Å². The lowest BCUT2D eigenvalue weighted by Gasteiger charge is -2.25. The monoisotopic (exact) mass is 438 g/mol. The van der Waals surface area contributed by atoms with Crippen LogP contribution in [-0.2, 0) is 6.54 Å². The maximum atomic E-state index is 14.4. The number of aromatic nitrogens is 1. The van der Waals surface area contributed by atoms with Gasteiger partial charge in [0.25, 0.3) is 0 Å². The van der Waals surface area contributed by atoms with E-state index >= 15 is 0 Å². The SMILES string of the molecule is N#Cc1ccc(-c2cc(Cl)cc(CN3[C@@H]4CC[C@H]3[C@@H](N)C4)c2-c2cncs2)cc1F. The highest BCUT2D eigenvalue weighted by Gasteiger charge is 2.44. The van der Waals surface area contributed by atoms with Crippen molar-refractivity contribution in [1.29, 1.82) is 5.26 Å². The molecule has 3 aromatic rings. The van der Waals surface area contributed by atoms with Gasteiger partial charge in [0.15, 0.2) is 0 Å². The Labute approximate surface area is 183 Å². The minimum absolute atomic E-state index is 0.0305. The van der Waals surface area contributed by atoms with Crippen LogP contribution in [0.4, 0.5) is 4.39 Å². The van der Waals surface area contributed by atoms with Gasteiger partial charge >= 0.3 is 0 Å². The maximum absolute atomic E-state index is 14.4. The molecule has 7 heteroatoms. The number of nitriles is 1. The Hall–Kier alpha value is -2.30. The van der Waals surface area contributed by atoms with Crippen LogP contribution < -0.4 is 5.73 Å². The van der Waals surface area contributed by atoms with Gasteiger partial charge in [0.1, 0.15) is 11.9 Å². The van der Waals surface area contributed by atoms with E-state index in [4.69, 9.17) is 22.6 Å². The van der Waals surface area contributed by atoms with Crippen LogP contribution >= 0.6 is 22.9 Å². The van der Waals surface area contributed by atoms with E-state index in [0.29, 0.717) is 22.7 Å². The summed E-state index contributed by atoms with van der Waals surface area (Å²) in [5, 5.41) is 9.68. The molecule has 0 radical (unpaired) electrons. The van der Waals surface area contributed by atoms with Gasteiger partial charge in [-0.3, -0.25) is 9.88 Å². The van der Waals surface area contributed by atoms with E-state index in [2.05, 4.69) is 9.88 Å². The molecule has 0 aliphatic carbocycles. The van der Waals surface area contributed by atoms with Crippen LogP contribution in [0.5, 0.6) is 0 Å². The summed E-state index contributed by atoms with van der Waals surface area (Å²) in [6.07, 6.45) is 5.19. The average molecular weight is 439 g/mol. The zero-order valence-corrected chi connectivity index (χ0v) is 17.8. The van der Waals surface area contributed by atoms with Crippen LogP contribution in [-0.4, -0.2) is 28.0 Å². The van der Waals surface area contributed by atoms with Gasteiger partial charge in [-0.2, -0.15) is 5.26 Å². The van der Waals surface area contributed by atoms with Crippen molar-refractivity contribution in [1.82, 2.24) is 9.88 Å². The largest absolute Gasteiger partial charge is 0.326 e. The first-order valence-corrected chi connectivity index (χ1v) is 11.2. The second-order valence-corrected chi connectivity index (χ2v) is 9.35. The third-order valence-corrected chi connectivity index (χ3v) is 7.35. The van der Waals surface area contributed by atoms with Crippen LogP contribution in [0.2, 0.25) is 5.02 Å². The Bertz CT molecular complexity index is 1140. The summed E-state index contributed by atoms with van der Waals surface area (Å²) in [5.41, 5.74) is 11.8. The number of hydrogen-bond acceptors (Lipinski definition) is 5. The Balaban J connectivity index is 1.65. The molecule has 152 valence electrons. The molecule has 2 aromatic carbocycles. The zero-order chi connectivity index (χ0) is 20.8. The van der Waals surface area contributed by atoms with Crippen molar-refractivity contribution in [2.24, 2.45) is 5.73 Å². The summed E-state index contributed by atoms with van der Waals surface area (Å²) < 4.78 is 14.4. The van der Waals surface area contributed by atoms with Gasteiger partial charge in [0, 0.05) is 41.5 Å². The van der Waals surface area contributed by atoms with E-state index in [1.165, 1.54) is 18.6 Å². The third-order valence-electron chi connectivity index (χ3n) is 6.35. The minimum Gasteiger partial charge on any atom is -0.326 e. The quantitative estimate of drug-likeness (QED) is 0.607. The van der Waals surface area contributed by atoms with Gasteiger partial charge in [-0.15, -0.1) is 11.3 Å². The topological polar surface area (TPSA) is 65.9 Å². The molecule has 5 rings (SSSR count). The van der Waals surface area contributed by atoms with Crippen LogP contribution in [0.25, 0.3) is 21.6 Å². The second-order valence-electron chi connectivity index (χ2n) is 8.03. The van der Waals surface area contributed by atoms with Gasteiger partial charge in [-0.25, -0.2) is 4.39 Å². The number of rotatable bonds is 4. The first kappa shape index (κ1) is 19.7. The van der Waals surface area contributed by atoms with Gasteiger partial charge in [0.2, 0.25) is 0 Å². The van der Waals surface area contributed by atoms with Crippen molar-refractivity contribution >= 4 is 22.9 Å². The van der Waals surface area contributed by atoms with Gasteiger partial charge in [-0.1, -0.05) is 17.7 Å². The van der Waals surface area contributed by atoms with E-state index in [1.54, 1.807) is 22.9 Å². The highest BCUT2D eigenvalue weighted by Crippen LogP contribution is 2.43. The molecule has 3 heterocycles. The molecule has 1 aromatic heterocycles. The van der Waals surface area contributed by atoms with Crippen molar-refractivity contribution < 1.29 is 4.39 Å². The highest BCUT2D eigenvalue weighted by atomic mass is 35.5. The summed E-state index contributed by atoms with van der Waals surface area (Å²) in [6, 6.07) is 11.6. The van der Waals surface area contributed by atoms with E-state index in [1.807, 2.05) is 24.4 Å². The van der Waals surface area contributed by atoms with Crippen molar-refractivity contribution in [3.63, 3.8) is 0 Å². The molecule has 2 N–H and O–H groups in total. The molecule has 30 heavy (non-hydrogen) atoms. The number of benzene rings is 2. The third kappa shape index (κ3) is 3.32. The van der Waals surface area contributed by atoms with E-state index in [0.717, 1.165) is 41.0 Å². The lowest BCUT2D eigenvalue weighted by Crippen LogP contribution is -2.36. The molecule has 0 spiro atoms. The number of nitrogens with zero attached hydrogens (tertiary/aromatic N) is 3. The number of fused-ring (bicyclic) bond motifs is 2. The molecule has 3 atom stereocenters. The Kier molecular flexibility index (Phi) is 5.08. The Morgan fingerprint density at radius 3 is 2.80 bits per heavy atom. The second kappa shape index (κ2) is 7.75. The van der Waals surface area contributed by atoms with Gasteiger partial charge in [-0.05, 0) is 60.2 Å². The predicted octanol–water partition coefficient (Wildman–Crippen LogP) is 5.21. The van der Waals surface area contributed by atoms with Crippen LogP contribution in [0.15, 0.2) is 42.0 Å². The molecule has 4 nitrogen and oxygen atoms in total. The average Bonchev–Trinajstić information content (AvgIpc) is 3.44. The summed E-state index contributed by atoms with van der Waals surface area (Å²) in [7, 11) is 0. The molecule has 2 aliphatic heterocycles. The molecular formula is C23H20ClFN4S. The minimum atomic E-state index is -0.532. The van der Waals surface area contributed by atoms with Crippen molar-refractivity contribution in [3.8, 4) is 27.6 Å². The predicted molar refractivity (Wildman–Crippen MR) is 118 cm³/mol. The summed E-state index contributed by atoms with van der Waals surface area (Å²) in [6.45, 7) is 0.753. The molecule has 2 fully saturated rings. The highest BCUT2D eigenvalue weighted by molar-refractivity contribution is 7.13. The lowest BCUT2D eigenvalue weighted by atomic mass is 9.93. The van der Waals surface area contributed by atoms with Crippen LogP contribution in [0, 0.1) is 17.1 Å². The first-order valence-electron chi connectivity index (χ1n) is 9.98. The fourth-order valence-electron chi connectivity index (χ4n) is 5.01. The summed E-state index contributed by atoms with van der Waals surface area (Å²) in [4.78, 5) is 7.78. The smallest absolute Gasteiger partial charge is 0.141 e. The summed E-state index contributed by atoms with van der Waals surface area (Å²) >= 11 is 8.08. The molecular weight excluding hydrogens is 419 g/mol. The number of thiazole rings is 1. The van der Waals surface area contributed by atoms with E-state index < -0.39 is 5.82 Å².